The van der Waals surface area contributed by atoms with Crippen molar-refractivity contribution in [2.24, 2.45) is 0 Å². The van der Waals surface area contributed by atoms with Gasteiger partial charge in [-0.2, -0.15) is 0 Å². The van der Waals surface area contributed by atoms with E-state index in [-0.39, 0.29) is 61.3 Å². The van der Waals surface area contributed by atoms with Crippen molar-refractivity contribution in [1.29, 1.82) is 0 Å². The zero-order valence-corrected chi connectivity index (χ0v) is 25.8. The highest BCUT2D eigenvalue weighted by Crippen LogP contribution is 2.39. The van der Waals surface area contributed by atoms with Crippen LogP contribution in [0.4, 0.5) is 0 Å². The molecule has 0 amide bonds. The molecule has 0 bridgehead atoms. The second-order valence-electron chi connectivity index (χ2n) is 11.3. The monoisotopic (exact) mass is 654 g/mol. The van der Waals surface area contributed by atoms with Crippen LogP contribution < -0.4 is 0 Å². The SMILES string of the molecule is [2H]c1cc2c3c([2H])c4c5c([2H])c([2H])c([2H])c([2H])c5n(-c5c([2H])c([2H])c([2H])c([2H])c5[2H])c4c([2H])c3n(-c3ccc(-c4nc(-c5ccccc5)nc(-c5ccccc5)n4)cn3)c2c([2H])c1[2H]. The standard InChI is InChI=1S/C44H28N6/c1-4-14-29(15-5-1)42-46-43(30-16-6-2-7-17-30)48-44(47-42)31-24-25-41(45-28-31)50-38-23-13-11-21-34(38)36-26-35-33-20-10-12-22-37(33)49(39(35)27-40(36)50)32-18-8-3-9-19-32/h1-28H/i3D,8D,9D,10D,11D,12D,13D,18D,19D,20D,22D,23D,26D,27D. The van der Waals surface area contributed by atoms with Crippen molar-refractivity contribution in [3.63, 3.8) is 0 Å². The molecule has 10 aromatic rings. The molecule has 6 nitrogen and oxygen atoms in total. The third-order valence-corrected chi connectivity index (χ3v) is 8.41. The van der Waals surface area contributed by atoms with Gasteiger partial charge in [0.15, 0.2) is 17.5 Å². The largest absolute Gasteiger partial charge is 0.309 e. The lowest BCUT2D eigenvalue weighted by molar-refractivity contribution is 1.05. The van der Waals surface area contributed by atoms with E-state index in [1.165, 1.54) is 16.8 Å². The maximum absolute atomic E-state index is 9.97. The summed E-state index contributed by atoms with van der Waals surface area (Å²) >= 11 is 0. The first kappa shape index (κ1) is 17.5. The first-order valence-corrected chi connectivity index (χ1v) is 15.5. The average molecular weight is 655 g/mol. The fraction of sp³-hybridized carbons (Fsp3) is 0. The molecule has 0 saturated carbocycles. The Balaban J connectivity index is 1.32. The van der Waals surface area contributed by atoms with Gasteiger partial charge in [-0.3, -0.25) is 4.57 Å². The molecule has 4 heterocycles. The molecule has 0 aliphatic rings. The van der Waals surface area contributed by atoms with Crippen LogP contribution in [0.3, 0.4) is 0 Å². The minimum atomic E-state index is -0.737. The number of pyridine rings is 1. The molecule has 0 radical (unpaired) electrons. The molecular formula is C44H28N6. The highest BCUT2D eigenvalue weighted by atomic mass is 15.1. The number of nitrogens with zero attached hydrogens (tertiary/aromatic N) is 6. The summed E-state index contributed by atoms with van der Waals surface area (Å²) < 4.78 is 127. The Labute approximate surface area is 307 Å². The summed E-state index contributed by atoms with van der Waals surface area (Å²) in [6, 6.07) is 14.9. The summed E-state index contributed by atoms with van der Waals surface area (Å²) in [5, 5.41) is -0.340. The van der Waals surface area contributed by atoms with E-state index < -0.39 is 84.2 Å². The Morgan fingerprint density at radius 3 is 1.68 bits per heavy atom. The van der Waals surface area contributed by atoms with Gasteiger partial charge >= 0.3 is 0 Å². The summed E-state index contributed by atoms with van der Waals surface area (Å²) in [5.41, 5.74) is 0.742. The van der Waals surface area contributed by atoms with Gasteiger partial charge < -0.3 is 4.57 Å². The molecule has 0 N–H and O–H groups in total. The average Bonchev–Trinajstić information content (AvgIpc) is 3.85. The Bertz CT molecular complexity index is 3560. The fourth-order valence-electron chi connectivity index (χ4n) is 6.17. The lowest BCUT2D eigenvalue weighted by Crippen LogP contribution is -2.01. The maximum atomic E-state index is 9.97. The molecule has 0 spiro atoms. The normalized spacial score (nSPS) is 15.5. The van der Waals surface area contributed by atoms with Crippen LogP contribution in [0.15, 0.2) is 170 Å². The van der Waals surface area contributed by atoms with E-state index in [1.807, 2.05) is 60.7 Å². The number of aromatic nitrogens is 6. The van der Waals surface area contributed by atoms with Gasteiger partial charge in [0.25, 0.3) is 0 Å². The van der Waals surface area contributed by atoms with Crippen molar-refractivity contribution in [3.8, 4) is 45.7 Å². The molecule has 10 rings (SSSR count). The topological polar surface area (TPSA) is 61.4 Å². The van der Waals surface area contributed by atoms with Gasteiger partial charge in [0.05, 0.1) is 41.3 Å². The molecule has 0 aliphatic carbocycles. The number of hydrogen-bond acceptors (Lipinski definition) is 4. The molecule has 50 heavy (non-hydrogen) atoms. The molecular weight excluding hydrogens is 613 g/mol. The molecule has 0 saturated heterocycles. The van der Waals surface area contributed by atoms with E-state index in [0.717, 1.165) is 15.7 Å². The van der Waals surface area contributed by atoms with Crippen molar-refractivity contribution in [3.05, 3.63) is 170 Å². The highest BCUT2D eigenvalue weighted by Gasteiger charge is 2.19. The maximum Gasteiger partial charge on any atom is 0.165 e. The molecule has 4 aromatic heterocycles. The minimum Gasteiger partial charge on any atom is -0.309 e. The van der Waals surface area contributed by atoms with E-state index in [1.54, 1.807) is 12.1 Å². The Hall–Kier alpha value is -6.92. The smallest absolute Gasteiger partial charge is 0.165 e. The van der Waals surface area contributed by atoms with E-state index in [2.05, 4.69) is 0 Å². The van der Waals surface area contributed by atoms with E-state index in [4.69, 9.17) is 36.4 Å². The summed E-state index contributed by atoms with van der Waals surface area (Å²) in [7, 11) is 0. The van der Waals surface area contributed by atoms with E-state index in [0.29, 0.717) is 17.2 Å². The van der Waals surface area contributed by atoms with Crippen molar-refractivity contribution in [1.82, 2.24) is 29.1 Å². The Kier molecular flexibility index (Phi) is 3.97. The number of fused-ring (bicyclic) bond motifs is 6. The van der Waals surface area contributed by atoms with E-state index in [9.17, 15) is 2.74 Å². The lowest BCUT2D eigenvalue weighted by Gasteiger charge is -2.11. The van der Waals surface area contributed by atoms with Crippen molar-refractivity contribution >= 4 is 43.6 Å². The number of benzene rings is 6. The predicted molar refractivity (Wildman–Crippen MR) is 203 cm³/mol. The second kappa shape index (κ2) is 11.4. The van der Waals surface area contributed by atoms with Crippen LogP contribution in [0.1, 0.15) is 19.2 Å². The highest BCUT2D eigenvalue weighted by molar-refractivity contribution is 6.19. The summed E-state index contributed by atoms with van der Waals surface area (Å²) in [6.45, 7) is 0. The fourth-order valence-corrected chi connectivity index (χ4v) is 6.17. The van der Waals surface area contributed by atoms with E-state index >= 15 is 0 Å². The van der Waals surface area contributed by atoms with Gasteiger partial charge in [-0.25, -0.2) is 19.9 Å². The van der Waals surface area contributed by atoms with Crippen LogP contribution in [0.25, 0.3) is 89.3 Å². The van der Waals surface area contributed by atoms with Gasteiger partial charge in [-0.05, 0) is 48.4 Å². The van der Waals surface area contributed by atoms with Crippen LogP contribution in [0.2, 0.25) is 0 Å². The third-order valence-electron chi connectivity index (χ3n) is 8.41. The van der Waals surface area contributed by atoms with Crippen molar-refractivity contribution in [2.75, 3.05) is 0 Å². The van der Waals surface area contributed by atoms with Gasteiger partial charge in [0, 0.05) is 50.1 Å². The van der Waals surface area contributed by atoms with Crippen LogP contribution in [0.5, 0.6) is 0 Å². The Morgan fingerprint density at radius 2 is 1.00 bits per heavy atom. The number of rotatable bonds is 5. The molecule has 234 valence electrons. The first-order chi connectivity index (χ1) is 30.6. The second-order valence-corrected chi connectivity index (χ2v) is 11.3. The molecule has 0 atom stereocenters. The number of para-hydroxylation sites is 3. The van der Waals surface area contributed by atoms with Crippen LogP contribution in [0, 0.1) is 0 Å². The van der Waals surface area contributed by atoms with Gasteiger partial charge in [-0.15, -0.1) is 0 Å². The lowest BCUT2D eigenvalue weighted by atomic mass is 10.1. The Morgan fingerprint density at radius 1 is 0.420 bits per heavy atom. The molecule has 0 fully saturated rings. The van der Waals surface area contributed by atoms with Crippen LogP contribution >= 0.6 is 0 Å². The van der Waals surface area contributed by atoms with Gasteiger partial charge in [0.1, 0.15) is 5.82 Å². The summed E-state index contributed by atoms with van der Waals surface area (Å²) in [6.07, 6.45) is 1.48. The summed E-state index contributed by atoms with van der Waals surface area (Å²) in [4.78, 5) is 19.1. The summed E-state index contributed by atoms with van der Waals surface area (Å²) in [5.74, 6) is 1.19. The zero-order chi connectivity index (χ0) is 45.2. The zero-order valence-electron chi connectivity index (χ0n) is 39.8. The number of hydrogen-bond donors (Lipinski definition) is 0. The first-order valence-electron chi connectivity index (χ1n) is 22.5. The van der Waals surface area contributed by atoms with Crippen molar-refractivity contribution in [2.45, 2.75) is 0 Å². The van der Waals surface area contributed by atoms with Crippen LogP contribution in [-0.4, -0.2) is 29.1 Å². The molecule has 0 unspecified atom stereocenters. The third kappa shape index (κ3) is 4.50. The molecule has 6 aromatic carbocycles. The van der Waals surface area contributed by atoms with Gasteiger partial charge in [0.2, 0.25) is 0 Å². The molecule has 6 heteroatoms. The van der Waals surface area contributed by atoms with Crippen molar-refractivity contribution < 1.29 is 19.2 Å². The minimum absolute atomic E-state index is 0.00404. The van der Waals surface area contributed by atoms with Gasteiger partial charge in [-0.1, -0.05) is 115 Å². The quantitative estimate of drug-likeness (QED) is 0.185. The van der Waals surface area contributed by atoms with Crippen LogP contribution in [-0.2, 0) is 0 Å². The predicted octanol–water partition coefficient (Wildman–Crippen LogP) is 10.5. The molecule has 0 aliphatic heterocycles.